The summed E-state index contributed by atoms with van der Waals surface area (Å²) in [5.74, 6) is -0.296. The van der Waals surface area contributed by atoms with Crippen LogP contribution in [0.4, 0.5) is 0 Å². The molecule has 0 fully saturated rings. The molecule has 80 valence electrons. The molecule has 0 aromatic carbocycles. The Morgan fingerprint density at radius 1 is 1.25 bits per heavy atom. The highest BCUT2D eigenvalue weighted by atomic mass is 32.2. The van der Waals surface area contributed by atoms with Crippen molar-refractivity contribution < 1.29 is 10.0 Å². The molecule has 0 saturated heterocycles. The van der Waals surface area contributed by atoms with Gasteiger partial charge in [-0.2, -0.15) is 0 Å². The van der Waals surface area contributed by atoms with Gasteiger partial charge in [-0.15, -0.1) is 11.8 Å². The number of allylic oxidation sites excluding steroid dienone is 9. The Balaban J connectivity index is 2.16. The molecule has 2 N–H and O–H groups in total. The maximum Gasteiger partial charge on any atom is 0.460 e. The van der Waals surface area contributed by atoms with E-state index in [0.717, 1.165) is 5.57 Å². The average Bonchev–Trinajstić information content (AvgIpc) is 2.67. The maximum absolute atomic E-state index is 9.54. The summed E-state index contributed by atoms with van der Waals surface area (Å²) in [5.41, 5.74) is 0.802. The molecule has 16 heavy (non-hydrogen) atoms. The first-order valence-electron chi connectivity index (χ1n) is 5.23. The highest BCUT2D eigenvalue weighted by molar-refractivity contribution is 8.06. The lowest BCUT2D eigenvalue weighted by Gasteiger charge is -2.38. The molecular weight excluding hydrogens is 219 g/mol. The van der Waals surface area contributed by atoms with E-state index in [1.54, 1.807) is 11.8 Å². The van der Waals surface area contributed by atoms with Gasteiger partial charge >= 0.3 is 7.12 Å². The van der Waals surface area contributed by atoms with E-state index < -0.39 is 7.12 Å². The van der Waals surface area contributed by atoms with Crippen LogP contribution in [-0.4, -0.2) is 17.2 Å². The van der Waals surface area contributed by atoms with E-state index in [4.69, 9.17) is 0 Å². The van der Waals surface area contributed by atoms with Crippen LogP contribution in [0.3, 0.4) is 0 Å². The predicted molar refractivity (Wildman–Crippen MR) is 67.6 cm³/mol. The average molecular weight is 230 g/mol. The Labute approximate surface area is 98.9 Å². The fraction of sp³-hybridized carbons (Fsp3) is 0.167. The summed E-state index contributed by atoms with van der Waals surface area (Å²) in [7, 11) is -1.34. The van der Waals surface area contributed by atoms with E-state index in [-0.39, 0.29) is 11.2 Å². The molecule has 0 aromatic rings. The minimum absolute atomic E-state index is 0.296. The van der Waals surface area contributed by atoms with Crippen molar-refractivity contribution in [1.29, 1.82) is 0 Å². The molecule has 0 amide bonds. The van der Waals surface area contributed by atoms with Crippen LogP contribution in [0.15, 0.2) is 58.4 Å². The lowest BCUT2D eigenvalue weighted by atomic mass is 9.53. The first kappa shape index (κ1) is 10.2. The van der Waals surface area contributed by atoms with Crippen LogP contribution in [0.5, 0.6) is 0 Å². The molecule has 2 unspecified atom stereocenters. The van der Waals surface area contributed by atoms with Crippen LogP contribution in [0.25, 0.3) is 0 Å². The zero-order chi connectivity index (χ0) is 11.2. The van der Waals surface area contributed by atoms with Gasteiger partial charge in [-0.3, -0.25) is 0 Å². The van der Waals surface area contributed by atoms with Crippen molar-refractivity contribution in [3.63, 3.8) is 0 Å². The normalized spacial score (nSPS) is 34.2. The number of hydrogen-bond donors (Lipinski definition) is 2. The smallest absolute Gasteiger partial charge is 0.427 e. The van der Waals surface area contributed by atoms with Gasteiger partial charge in [0.2, 0.25) is 0 Å². The second-order valence-electron chi connectivity index (χ2n) is 4.13. The Morgan fingerprint density at radius 3 is 2.94 bits per heavy atom. The van der Waals surface area contributed by atoms with E-state index >= 15 is 0 Å². The molecule has 0 bridgehead atoms. The second-order valence-corrected chi connectivity index (χ2v) is 5.04. The largest absolute Gasteiger partial charge is 0.460 e. The van der Waals surface area contributed by atoms with Gasteiger partial charge in [0.25, 0.3) is 0 Å². The van der Waals surface area contributed by atoms with Gasteiger partial charge < -0.3 is 10.0 Å². The van der Waals surface area contributed by atoms with Crippen molar-refractivity contribution in [2.45, 2.75) is 5.82 Å². The van der Waals surface area contributed by atoms with Crippen LogP contribution in [0, 0.1) is 5.41 Å². The fourth-order valence-corrected chi connectivity index (χ4v) is 3.78. The molecule has 1 spiro atoms. The standard InChI is InChI=1S/C12H11BO2S/c14-13(15)10-5-3-6-11-12(10)7-2-1-4-9(12)8-16-11/h1-8,10,14-15H. The van der Waals surface area contributed by atoms with Crippen LogP contribution in [-0.2, 0) is 0 Å². The molecular formula is C12H11BO2S. The summed E-state index contributed by atoms with van der Waals surface area (Å²) >= 11 is 1.67. The lowest BCUT2D eigenvalue weighted by Crippen LogP contribution is -2.36. The molecule has 3 aliphatic rings. The van der Waals surface area contributed by atoms with Crippen molar-refractivity contribution in [1.82, 2.24) is 0 Å². The molecule has 0 saturated carbocycles. The van der Waals surface area contributed by atoms with Crippen molar-refractivity contribution in [3.8, 4) is 0 Å². The van der Waals surface area contributed by atoms with Crippen molar-refractivity contribution >= 4 is 18.9 Å². The van der Waals surface area contributed by atoms with Crippen LogP contribution in [0.2, 0.25) is 5.82 Å². The third kappa shape index (κ3) is 1.18. The van der Waals surface area contributed by atoms with Gasteiger partial charge in [-0.1, -0.05) is 42.5 Å². The van der Waals surface area contributed by atoms with Crippen LogP contribution in [0.1, 0.15) is 0 Å². The van der Waals surface area contributed by atoms with Crippen molar-refractivity contribution in [3.05, 3.63) is 58.4 Å². The fourth-order valence-electron chi connectivity index (χ4n) is 2.58. The number of rotatable bonds is 1. The SMILES string of the molecule is OB(O)C1C=CC=C2SC=C3C=CC=CC321. The quantitative estimate of drug-likeness (QED) is 0.677. The molecule has 1 heterocycles. The van der Waals surface area contributed by atoms with Crippen molar-refractivity contribution in [2.75, 3.05) is 0 Å². The molecule has 2 atom stereocenters. The first-order chi connectivity index (χ1) is 7.75. The van der Waals surface area contributed by atoms with E-state index in [2.05, 4.69) is 17.6 Å². The summed E-state index contributed by atoms with van der Waals surface area (Å²) < 4.78 is 0. The van der Waals surface area contributed by atoms with Gasteiger partial charge in [0.15, 0.2) is 0 Å². The molecule has 4 heteroatoms. The van der Waals surface area contributed by atoms with Gasteiger partial charge in [0, 0.05) is 10.7 Å². The maximum atomic E-state index is 9.54. The van der Waals surface area contributed by atoms with E-state index in [1.807, 2.05) is 30.4 Å². The monoisotopic (exact) mass is 230 g/mol. The molecule has 1 aliphatic heterocycles. The zero-order valence-electron chi connectivity index (χ0n) is 8.58. The predicted octanol–water partition coefficient (Wildman–Crippen LogP) is 2.03. The third-order valence-corrected chi connectivity index (χ3v) is 4.46. The zero-order valence-corrected chi connectivity index (χ0v) is 9.39. The van der Waals surface area contributed by atoms with Crippen molar-refractivity contribution in [2.24, 2.45) is 5.41 Å². The second kappa shape index (κ2) is 3.52. The molecule has 0 radical (unpaired) electrons. The van der Waals surface area contributed by atoms with Gasteiger partial charge in [0.05, 0.1) is 5.41 Å². The first-order valence-corrected chi connectivity index (χ1v) is 6.11. The summed E-state index contributed by atoms with van der Waals surface area (Å²) in [6, 6.07) is 0. The Hall–Kier alpha value is -0.965. The van der Waals surface area contributed by atoms with Gasteiger partial charge in [-0.05, 0) is 11.0 Å². The lowest BCUT2D eigenvalue weighted by molar-refractivity contribution is 0.367. The topological polar surface area (TPSA) is 40.5 Å². The van der Waals surface area contributed by atoms with Crippen LogP contribution >= 0.6 is 11.8 Å². The molecule has 0 aromatic heterocycles. The summed E-state index contributed by atoms with van der Waals surface area (Å²) in [4.78, 5) is 1.17. The Morgan fingerprint density at radius 2 is 2.12 bits per heavy atom. The molecule has 2 aliphatic carbocycles. The summed E-state index contributed by atoms with van der Waals surface area (Å²) in [6.45, 7) is 0. The highest BCUT2D eigenvalue weighted by Crippen LogP contribution is 2.60. The minimum atomic E-state index is -1.34. The van der Waals surface area contributed by atoms with Crippen LogP contribution < -0.4 is 0 Å². The summed E-state index contributed by atoms with van der Waals surface area (Å²) in [6.07, 6.45) is 13.9. The third-order valence-electron chi connectivity index (χ3n) is 3.36. The van der Waals surface area contributed by atoms with E-state index in [1.165, 1.54) is 4.91 Å². The number of hydrogen-bond acceptors (Lipinski definition) is 3. The van der Waals surface area contributed by atoms with Gasteiger partial charge in [-0.25, -0.2) is 0 Å². The highest BCUT2D eigenvalue weighted by Gasteiger charge is 2.50. The summed E-state index contributed by atoms with van der Waals surface area (Å²) in [5, 5.41) is 21.2. The number of thioether (sulfide) groups is 1. The van der Waals surface area contributed by atoms with E-state index in [9.17, 15) is 10.0 Å². The Bertz CT molecular complexity index is 473. The van der Waals surface area contributed by atoms with E-state index in [0.29, 0.717) is 0 Å². The molecule has 2 nitrogen and oxygen atoms in total. The van der Waals surface area contributed by atoms with Gasteiger partial charge in [0.1, 0.15) is 0 Å². The molecule has 3 rings (SSSR count). The Kier molecular flexibility index (Phi) is 2.24. The minimum Gasteiger partial charge on any atom is -0.427 e.